The number of alkyl halides is 4. The van der Waals surface area contributed by atoms with Gasteiger partial charge in [-0.15, -0.1) is 10.2 Å². The minimum absolute atomic E-state index is 0.0384. The first-order chi connectivity index (χ1) is 16.6. The highest BCUT2D eigenvalue weighted by atomic mass is 19.4. The van der Waals surface area contributed by atoms with E-state index in [1.54, 1.807) is 5.32 Å². The molecule has 0 bridgehead atoms. The normalized spacial score (nSPS) is 19.7. The van der Waals surface area contributed by atoms with E-state index in [2.05, 4.69) is 20.5 Å². The monoisotopic (exact) mass is 495 g/mol. The first-order valence-corrected chi connectivity index (χ1v) is 10.5. The van der Waals surface area contributed by atoms with Gasteiger partial charge < -0.3 is 10.6 Å². The topological polar surface area (TPSA) is 79.8 Å². The maximum Gasteiger partial charge on any atom is 0.405 e. The van der Waals surface area contributed by atoms with E-state index >= 15 is 0 Å². The van der Waals surface area contributed by atoms with Crippen molar-refractivity contribution in [1.82, 2.24) is 20.5 Å². The lowest BCUT2D eigenvalue weighted by Gasteiger charge is -2.44. The molecule has 12 heteroatoms. The van der Waals surface area contributed by atoms with Crippen molar-refractivity contribution >= 4 is 11.7 Å². The first kappa shape index (κ1) is 24.4. The lowest BCUT2D eigenvalue weighted by Crippen LogP contribution is -2.49. The van der Waals surface area contributed by atoms with Crippen molar-refractivity contribution in [2.75, 3.05) is 18.4 Å². The van der Waals surface area contributed by atoms with Crippen LogP contribution in [0.5, 0.6) is 0 Å². The van der Waals surface area contributed by atoms with Crippen molar-refractivity contribution in [1.29, 1.82) is 0 Å². The van der Waals surface area contributed by atoms with E-state index in [0.717, 1.165) is 18.2 Å². The number of halogens is 6. The summed E-state index contributed by atoms with van der Waals surface area (Å²) in [5.41, 5.74) is -0.963. The number of benzene rings is 1. The Kier molecular flexibility index (Phi) is 6.64. The van der Waals surface area contributed by atoms with E-state index in [1.165, 1.54) is 30.5 Å². The standard InChI is InChI=1S/C23H19F6N5O/c24-14-9-22(10-14,20-17(26)2-1-7-30-20)11-31-19-6-5-18(33-34-19)15-8-13(3-4-16(15)25)21(35)32-12-23(27,28)29/h1-8,14H,9-12H2,(H,31,34)(H,32,35)/t14-,22-. The molecule has 0 saturated heterocycles. The van der Waals surface area contributed by atoms with Crippen molar-refractivity contribution in [2.24, 2.45) is 0 Å². The third-order valence-electron chi connectivity index (χ3n) is 5.71. The molecule has 1 aliphatic rings. The molecule has 2 N–H and O–H groups in total. The van der Waals surface area contributed by atoms with Crippen LogP contribution in [-0.4, -0.2) is 46.5 Å². The Balaban J connectivity index is 1.47. The van der Waals surface area contributed by atoms with Crippen LogP contribution >= 0.6 is 0 Å². The van der Waals surface area contributed by atoms with E-state index in [9.17, 15) is 31.1 Å². The summed E-state index contributed by atoms with van der Waals surface area (Å²) in [6, 6.07) is 8.65. The molecular weight excluding hydrogens is 476 g/mol. The van der Waals surface area contributed by atoms with E-state index in [1.807, 2.05) is 0 Å². The summed E-state index contributed by atoms with van der Waals surface area (Å²) in [5, 5.41) is 12.6. The highest BCUT2D eigenvalue weighted by Gasteiger charge is 2.48. The van der Waals surface area contributed by atoms with E-state index in [0.29, 0.717) is 0 Å². The maximum absolute atomic E-state index is 14.3. The molecule has 0 radical (unpaired) electrons. The van der Waals surface area contributed by atoms with Gasteiger partial charge in [-0.2, -0.15) is 13.2 Å². The SMILES string of the molecule is O=C(NCC(F)(F)F)c1ccc(F)c(-c2ccc(NC[C@]3(c4ncccc4F)C[C@H](F)C3)nn2)c1. The Hall–Kier alpha value is -3.70. The van der Waals surface area contributed by atoms with Gasteiger partial charge in [0, 0.05) is 29.3 Å². The quantitative estimate of drug-likeness (QED) is 0.469. The molecule has 184 valence electrons. The molecule has 3 aromatic rings. The zero-order chi connectivity index (χ0) is 25.2. The molecule has 1 aliphatic carbocycles. The predicted octanol–water partition coefficient (Wildman–Crippen LogP) is 4.59. The van der Waals surface area contributed by atoms with Gasteiger partial charge >= 0.3 is 6.18 Å². The number of nitrogens with zero attached hydrogens (tertiary/aromatic N) is 3. The second-order valence-electron chi connectivity index (χ2n) is 8.27. The van der Waals surface area contributed by atoms with Crippen LogP contribution in [0.1, 0.15) is 28.9 Å². The van der Waals surface area contributed by atoms with Crippen LogP contribution in [0.25, 0.3) is 11.3 Å². The van der Waals surface area contributed by atoms with Gasteiger partial charge in [0.2, 0.25) is 0 Å². The zero-order valence-corrected chi connectivity index (χ0v) is 18.0. The largest absolute Gasteiger partial charge is 0.405 e. The van der Waals surface area contributed by atoms with E-state index < -0.39 is 41.8 Å². The van der Waals surface area contributed by atoms with Gasteiger partial charge in [0.15, 0.2) is 0 Å². The molecule has 4 rings (SSSR count). The fraction of sp³-hybridized carbons (Fsp3) is 0.304. The number of amides is 1. The van der Waals surface area contributed by atoms with Crippen LogP contribution in [0, 0.1) is 11.6 Å². The smallest absolute Gasteiger partial charge is 0.368 e. The molecule has 0 aliphatic heterocycles. The average molecular weight is 495 g/mol. The number of rotatable bonds is 7. The molecule has 35 heavy (non-hydrogen) atoms. The molecule has 1 amide bonds. The summed E-state index contributed by atoms with van der Waals surface area (Å²) < 4.78 is 79.3. The van der Waals surface area contributed by atoms with Gasteiger partial charge in [-0.25, -0.2) is 13.2 Å². The van der Waals surface area contributed by atoms with Gasteiger partial charge in [0.05, 0.1) is 11.4 Å². The highest BCUT2D eigenvalue weighted by Crippen LogP contribution is 2.45. The summed E-state index contributed by atoms with van der Waals surface area (Å²) in [7, 11) is 0. The third kappa shape index (κ3) is 5.52. The third-order valence-corrected chi connectivity index (χ3v) is 5.71. The Morgan fingerprint density at radius 2 is 1.83 bits per heavy atom. The van der Waals surface area contributed by atoms with Crippen molar-refractivity contribution in [3.8, 4) is 11.3 Å². The number of pyridine rings is 1. The van der Waals surface area contributed by atoms with E-state index in [4.69, 9.17) is 0 Å². The molecule has 1 fully saturated rings. The van der Waals surface area contributed by atoms with Crippen LogP contribution in [0.3, 0.4) is 0 Å². The minimum Gasteiger partial charge on any atom is -0.368 e. The van der Waals surface area contributed by atoms with Gasteiger partial charge in [0.25, 0.3) is 5.91 Å². The molecule has 0 spiro atoms. The number of aromatic nitrogens is 3. The molecule has 6 nitrogen and oxygen atoms in total. The molecule has 0 atom stereocenters. The van der Waals surface area contributed by atoms with Crippen LogP contribution in [0.4, 0.5) is 32.2 Å². The Bertz CT molecular complexity index is 1210. The van der Waals surface area contributed by atoms with Crippen molar-refractivity contribution in [2.45, 2.75) is 30.6 Å². The minimum atomic E-state index is -4.58. The van der Waals surface area contributed by atoms with Crippen LogP contribution < -0.4 is 10.6 Å². The average Bonchev–Trinajstić information content (AvgIpc) is 2.80. The number of hydrogen-bond donors (Lipinski definition) is 2. The number of hydrogen-bond acceptors (Lipinski definition) is 5. The number of carbonyl (C=O) groups excluding carboxylic acids is 1. The molecule has 1 aromatic carbocycles. The second-order valence-corrected chi connectivity index (χ2v) is 8.27. The van der Waals surface area contributed by atoms with Crippen molar-refractivity contribution in [3.05, 3.63) is 71.6 Å². The lowest BCUT2D eigenvalue weighted by molar-refractivity contribution is -0.123. The Labute approximate surface area is 195 Å². The summed E-state index contributed by atoms with van der Waals surface area (Å²) in [6.07, 6.45) is -4.04. The highest BCUT2D eigenvalue weighted by molar-refractivity contribution is 5.95. The summed E-state index contributed by atoms with van der Waals surface area (Å²) in [6.45, 7) is -1.38. The number of nitrogens with one attached hydrogen (secondary N) is 2. The van der Waals surface area contributed by atoms with Crippen LogP contribution in [0.2, 0.25) is 0 Å². The molecule has 2 heterocycles. The molecule has 2 aromatic heterocycles. The van der Waals surface area contributed by atoms with Gasteiger partial charge in [-0.1, -0.05) is 0 Å². The second kappa shape index (κ2) is 9.51. The molecule has 0 unspecified atom stereocenters. The Morgan fingerprint density at radius 1 is 1.06 bits per heavy atom. The van der Waals surface area contributed by atoms with Crippen molar-refractivity contribution < 1.29 is 31.1 Å². The fourth-order valence-corrected chi connectivity index (χ4v) is 3.96. The van der Waals surface area contributed by atoms with Crippen molar-refractivity contribution in [3.63, 3.8) is 0 Å². The fourth-order valence-electron chi connectivity index (χ4n) is 3.96. The molecular formula is C23H19F6N5O. The predicted molar refractivity (Wildman–Crippen MR) is 114 cm³/mol. The van der Waals surface area contributed by atoms with Crippen LogP contribution in [-0.2, 0) is 5.41 Å². The summed E-state index contributed by atoms with van der Waals surface area (Å²) >= 11 is 0. The summed E-state index contributed by atoms with van der Waals surface area (Å²) in [4.78, 5) is 16.1. The van der Waals surface area contributed by atoms with Gasteiger partial charge in [-0.05, 0) is 55.3 Å². The van der Waals surface area contributed by atoms with Crippen LogP contribution in [0.15, 0.2) is 48.7 Å². The maximum atomic E-state index is 14.3. The van der Waals surface area contributed by atoms with Gasteiger partial charge in [0.1, 0.15) is 30.2 Å². The number of carbonyl (C=O) groups is 1. The Morgan fingerprint density at radius 3 is 2.46 bits per heavy atom. The molecule has 1 saturated carbocycles. The first-order valence-electron chi connectivity index (χ1n) is 10.5. The lowest BCUT2D eigenvalue weighted by atomic mass is 9.65. The summed E-state index contributed by atoms with van der Waals surface area (Å²) in [5.74, 6) is -2.04. The zero-order valence-electron chi connectivity index (χ0n) is 18.0. The number of anilines is 1. The van der Waals surface area contributed by atoms with Gasteiger partial charge in [-0.3, -0.25) is 9.78 Å². The van der Waals surface area contributed by atoms with E-state index in [-0.39, 0.29) is 47.7 Å².